The van der Waals surface area contributed by atoms with Crippen molar-refractivity contribution in [1.29, 1.82) is 0 Å². The Morgan fingerprint density at radius 1 is 1.03 bits per heavy atom. The minimum atomic E-state index is -2.26. The van der Waals surface area contributed by atoms with E-state index in [0.29, 0.717) is 17.8 Å². The third-order valence-electron chi connectivity index (χ3n) is 4.89. The van der Waals surface area contributed by atoms with Gasteiger partial charge in [-0.2, -0.15) is 0 Å². The van der Waals surface area contributed by atoms with Gasteiger partial charge >= 0.3 is 0 Å². The molecule has 154 valence electrons. The minimum absolute atomic E-state index is 0.514. The monoisotopic (exact) mass is 446 g/mol. The number of rotatable bonds is 5. The summed E-state index contributed by atoms with van der Waals surface area (Å²) in [6.45, 7) is 4.09. The summed E-state index contributed by atoms with van der Waals surface area (Å²) in [5.41, 5.74) is 3.20. The lowest BCUT2D eigenvalue weighted by Gasteiger charge is -2.08. The predicted molar refractivity (Wildman–Crippen MR) is 124 cm³/mol. The SMILES string of the molecule is CP(C)(=O)c1ccc(Sc2cnc3nnn(Cc4ccc5ncccc5c4)c3n2)cc1. The minimum Gasteiger partial charge on any atom is -0.319 e. The number of fused-ring (bicyclic) bond motifs is 2. The van der Waals surface area contributed by atoms with Gasteiger partial charge in [-0.3, -0.25) is 4.98 Å². The lowest BCUT2D eigenvalue weighted by atomic mass is 10.1. The van der Waals surface area contributed by atoms with E-state index < -0.39 is 7.14 Å². The molecule has 0 N–H and O–H groups in total. The zero-order valence-electron chi connectivity index (χ0n) is 17.0. The van der Waals surface area contributed by atoms with Gasteiger partial charge in [0.05, 0.1) is 18.3 Å². The molecule has 0 amide bonds. The van der Waals surface area contributed by atoms with Crippen LogP contribution in [0.15, 0.2) is 76.9 Å². The van der Waals surface area contributed by atoms with Crippen molar-refractivity contribution >= 4 is 46.4 Å². The van der Waals surface area contributed by atoms with Gasteiger partial charge < -0.3 is 4.57 Å². The topological polar surface area (TPSA) is 86.5 Å². The van der Waals surface area contributed by atoms with Crippen LogP contribution in [0.1, 0.15) is 5.56 Å². The summed E-state index contributed by atoms with van der Waals surface area (Å²) in [4.78, 5) is 14.5. The fourth-order valence-corrected chi connectivity index (χ4v) is 4.90. The summed E-state index contributed by atoms with van der Waals surface area (Å²) in [7, 11) is -2.26. The average Bonchev–Trinajstić information content (AvgIpc) is 3.15. The van der Waals surface area contributed by atoms with Crippen LogP contribution < -0.4 is 5.30 Å². The van der Waals surface area contributed by atoms with Crippen molar-refractivity contribution < 1.29 is 4.57 Å². The van der Waals surface area contributed by atoms with Crippen molar-refractivity contribution in [2.45, 2.75) is 16.5 Å². The molecule has 9 heteroatoms. The van der Waals surface area contributed by atoms with E-state index in [-0.39, 0.29) is 0 Å². The predicted octanol–water partition coefficient (Wildman–Crippen LogP) is 4.22. The summed E-state index contributed by atoms with van der Waals surface area (Å²) in [6.07, 6.45) is 3.49. The van der Waals surface area contributed by atoms with Crippen LogP contribution in [0.2, 0.25) is 0 Å². The van der Waals surface area contributed by atoms with Crippen LogP contribution in [0.3, 0.4) is 0 Å². The first-order chi connectivity index (χ1) is 15.0. The van der Waals surface area contributed by atoms with Crippen molar-refractivity contribution in [3.63, 3.8) is 0 Å². The van der Waals surface area contributed by atoms with E-state index in [1.807, 2.05) is 48.5 Å². The lowest BCUT2D eigenvalue weighted by Crippen LogP contribution is -2.03. The Balaban J connectivity index is 1.42. The number of pyridine rings is 1. The molecule has 5 aromatic rings. The molecule has 0 atom stereocenters. The van der Waals surface area contributed by atoms with E-state index >= 15 is 0 Å². The highest BCUT2D eigenvalue weighted by molar-refractivity contribution is 7.99. The highest BCUT2D eigenvalue weighted by Gasteiger charge is 2.13. The maximum absolute atomic E-state index is 12.2. The van der Waals surface area contributed by atoms with Crippen molar-refractivity contribution in [3.8, 4) is 0 Å². The van der Waals surface area contributed by atoms with Crippen molar-refractivity contribution in [2.24, 2.45) is 0 Å². The van der Waals surface area contributed by atoms with Crippen LogP contribution in [-0.2, 0) is 11.1 Å². The normalized spacial score (nSPS) is 11.9. The molecule has 3 aromatic heterocycles. The second-order valence-corrected chi connectivity index (χ2v) is 11.9. The molecule has 0 aliphatic rings. The molecular formula is C22H19N6OPS. The summed E-state index contributed by atoms with van der Waals surface area (Å²) >= 11 is 1.50. The van der Waals surface area contributed by atoms with Crippen LogP contribution in [0, 0.1) is 0 Å². The smallest absolute Gasteiger partial charge is 0.221 e. The Hall–Kier alpha value is -3.09. The van der Waals surface area contributed by atoms with Gasteiger partial charge in [0, 0.05) is 21.8 Å². The van der Waals surface area contributed by atoms with Gasteiger partial charge in [-0.25, -0.2) is 14.6 Å². The summed E-state index contributed by atoms with van der Waals surface area (Å²) in [5.74, 6) is 0. The van der Waals surface area contributed by atoms with Gasteiger partial charge in [0.25, 0.3) is 0 Å². The molecule has 0 saturated carbocycles. The molecule has 0 bridgehead atoms. The van der Waals surface area contributed by atoms with E-state index in [1.54, 1.807) is 30.4 Å². The molecule has 0 aliphatic carbocycles. The average molecular weight is 446 g/mol. The quantitative estimate of drug-likeness (QED) is 0.374. The van der Waals surface area contributed by atoms with E-state index in [9.17, 15) is 4.57 Å². The second-order valence-electron chi connectivity index (χ2n) is 7.58. The van der Waals surface area contributed by atoms with E-state index in [2.05, 4.69) is 26.3 Å². The van der Waals surface area contributed by atoms with Crippen LogP contribution in [0.4, 0.5) is 0 Å². The van der Waals surface area contributed by atoms with Crippen molar-refractivity contribution in [2.75, 3.05) is 13.3 Å². The number of benzene rings is 2. The van der Waals surface area contributed by atoms with Gasteiger partial charge in [-0.1, -0.05) is 41.2 Å². The van der Waals surface area contributed by atoms with Crippen LogP contribution in [0.5, 0.6) is 0 Å². The van der Waals surface area contributed by atoms with Crippen molar-refractivity contribution in [3.05, 3.63) is 72.6 Å². The Morgan fingerprint density at radius 3 is 2.68 bits per heavy atom. The molecule has 3 heterocycles. The Morgan fingerprint density at radius 2 is 1.87 bits per heavy atom. The van der Waals surface area contributed by atoms with Gasteiger partial charge in [0.1, 0.15) is 12.2 Å². The lowest BCUT2D eigenvalue weighted by molar-refractivity contribution is 0.588. The maximum atomic E-state index is 12.2. The van der Waals surface area contributed by atoms with Gasteiger partial charge in [-0.15, -0.1) is 5.10 Å². The number of aromatic nitrogens is 6. The van der Waals surface area contributed by atoms with Crippen LogP contribution >= 0.6 is 18.9 Å². The summed E-state index contributed by atoms with van der Waals surface area (Å²) in [6, 6.07) is 17.9. The first kappa shape index (κ1) is 19.8. The molecule has 5 rings (SSSR count). The summed E-state index contributed by atoms with van der Waals surface area (Å²) < 4.78 is 14.0. The van der Waals surface area contributed by atoms with Crippen LogP contribution in [0.25, 0.3) is 22.2 Å². The van der Waals surface area contributed by atoms with Crippen LogP contribution in [-0.4, -0.2) is 43.3 Å². The Labute approximate surface area is 183 Å². The first-order valence-electron chi connectivity index (χ1n) is 9.69. The molecular weight excluding hydrogens is 427 g/mol. The first-order valence-corrected chi connectivity index (χ1v) is 13.1. The fourth-order valence-electron chi connectivity index (χ4n) is 3.29. The summed E-state index contributed by atoms with van der Waals surface area (Å²) in [5, 5.41) is 11.1. The van der Waals surface area contributed by atoms with Gasteiger partial charge in [0.15, 0.2) is 5.65 Å². The molecule has 0 spiro atoms. The fraction of sp³-hybridized carbons (Fsp3) is 0.136. The highest BCUT2D eigenvalue weighted by Crippen LogP contribution is 2.35. The molecule has 7 nitrogen and oxygen atoms in total. The van der Waals surface area contributed by atoms with E-state index in [0.717, 1.165) is 31.7 Å². The third kappa shape index (κ3) is 4.22. The van der Waals surface area contributed by atoms with Crippen molar-refractivity contribution in [1.82, 2.24) is 29.9 Å². The largest absolute Gasteiger partial charge is 0.319 e. The Kier molecular flexibility index (Phi) is 5.04. The second kappa shape index (κ2) is 7.87. The van der Waals surface area contributed by atoms with Gasteiger partial charge in [0.2, 0.25) is 5.65 Å². The van der Waals surface area contributed by atoms with Gasteiger partial charge in [-0.05, 0) is 49.2 Å². The number of hydrogen-bond acceptors (Lipinski definition) is 7. The van der Waals surface area contributed by atoms with E-state index in [1.165, 1.54) is 11.8 Å². The number of nitrogens with zero attached hydrogens (tertiary/aromatic N) is 6. The maximum Gasteiger partial charge on any atom is 0.221 e. The molecule has 0 saturated heterocycles. The molecule has 0 aliphatic heterocycles. The number of hydrogen-bond donors (Lipinski definition) is 0. The molecule has 31 heavy (non-hydrogen) atoms. The standard InChI is InChI=1S/C22H19N6OPS/c1-30(2,29)17-6-8-18(9-7-17)31-20-13-24-21-22(25-20)28(27-26-21)14-15-5-10-19-16(12-15)4-3-11-23-19/h3-13H,14H2,1-2H3. The molecule has 2 aromatic carbocycles. The molecule has 0 unspecified atom stereocenters. The zero-order valence-corrected chi connectivity index (χ0v) is 18.7. The molecule has 0 fully saturated rings. The Bertz CT molecular complexity index is 1440. The zero-order chi connectivity index (χ0) is 21.4. The van der Waals surface area contributed by atoms with E-state index in [4.69, 9.17) is 4.98 Å². The third-order valence-corrected chi connectivity index (χ3v) is 7.34. The highest BCUT2D eigenvalue weighted by atomic mass is 32.2. The molecule has 0 radical (unpaired) electrons.